The maximum absolute atomic E-state index is 9.98. The second-order valence-electron chi connectivity index (χ2n) is 7.36. The van der Waals surface area contributed by atoms with Crippen LogP contribution in [-0.4, -0.2) is 15.9 Å². The molecule has 1 aromatic heterocycles. The Morgan fingerprint density at radius 3 is 2.30 bits per heavy atom. The largest absolute Gasteiger partial charge is 1.00 e. The summed E-state index contributed by atoms with van der Waals surface area (Å²) in [6.45, 7) is 8.08. The summed E-state index contributed by atoms with van der Waals surface area (Å²) in [4.78, 5) is 0. The smallest absolute Gasteiger partial charge is 0.647 e. The van der Waals surface area contributed by atoms with Crippen molar-refractivity contribution < 1.29 is 28.5 Å². The molecule has 0 aliphatic carbocycles. The summed E-state index contributed by atoms with van der Waals surface area (Å²) >= 11 is 0. The van der Waals surface area contributed by atoms with Crippen LogP contribution in [0.25, 0.3) is 16.4 Å². The molecule has 3 rings (SSSR count). The predicted molar refractivity (Wildman–Crippen MR) is 105 cm³/mol. The number of aromatic nitrogens is 1. The summed E-state index contributed by atoms with van der Waals surface area (Å²) in [5.74, 6) is 0.595. The second kappa shape index (κ2) is 8.80. The number of aryl methyl sites for hydroxylation is 1. The molecular formula is C22H25LiN2O2. The van der Waals surface area contributed by atoms with Gasteiger partial charge in [0.05, 0.1) is 17.2 Å². The van der Waals surface area contributed by atoms with Crippen molar-refractivity contribution in [2.24, 2.45) is 0 Å². The van der Waals surface area contributed by atoms with E-state index in [0.29, 0.717) is 18.8 Å². The van der Waals surface area contributed by atoms with Crippen LogP contribution in [0.4, 0.5) is 5.88 Å². The number of hydrogen-bond donors (Lipinski definition) is 1. The molecule has 0 spiro atoms. The SMILES string of the molecule is Cc1noc([N-]Cc2ccccc2-c2ccc(CC(C)(C)O)cc2)c1C.[Li+]. The Morgan fingerprint density at radius 2 is 1.70 bits per heavy atom. The summed E-state index contributed by atoms with van der Waals surface area (Å²) in [7, 11) is 0. The molecule has 0 aliphatic heterocycles. The Bertz CT molecular complexity index is 880. The first-order chi connectivity index (χ1) is 12.3. The minimum absolute atomic E-state index is 0. The van der Waals surface area contributed by atoms with Crippen LogP contribution in [0, 0.1) is 13.8 Å². The van der Waals surface area contributed by atoms with Gasteiger partial charge in [-0.05, 0) is 49.9 Å². The first-order valence-corrected chi connectivity index (χ1v) is 8.83. The molecule has 0 unspecified atom stereocenters. The van der Waals surface area contributed by atoms with Gasteiger partial charge in [0.15, 0.2) is 0 Å². The average Bonchev–Trinajstić information content (AvgIpc) is 2.91. The summed E-state index contributed by atoms with van der Waals surface area (Å²) in [6.07, 6.45) is 0.633. The van der Waals surface area contributed by atoms with E-state index in [1.54, 1.807) is 0 Å². The Kier molecular flexibility index (Phi) is 6.94. The van der Waals surface area contributed by atoms with Crippen LogP contribution in [0.15, 0.2) is 53.1 Å². The fourth-order valence-corrected chi connectivity index (χ4v) is 2.95. The third-order valence-electron chi connectivity index (χ3n) is 4.44. The zero-order valence-electron chi connectivity index (χ0n) is 16.8. The van der Waals surface area contributed by atoms with Crippen molar-refractivity contribution in [3.8, 4) is 11.1 Å². The Morgan fingerprint density at radius 1 is 1.04 bits per heavy atom. The van der Waals surface area contributed by atoms with Gasteiger partial charge in [0, 0.05) is 6.42 Å². The molecule has 0 saturated carbocycles. The number of benzene rings is 2. The minimum Gasteiger partial charge on any atom is -0.647 e. The van der Waals surface area contributed by atoms with Crippen molar-refractivity contribution >= 4 is 5.88 Å². The van der Waals surface area contributed by atoms with Crippen molar-refractivity contribution in [1.29, 1.82) is 0 Å². The van der Waals surface area contributed by atoms with Crippen molar-refractivity contribution in [1.82, 2.24) is 5.16 Å². The standard InChI is InChI=1S/C22H25N2O2.Li/c1-15-16(2)24-26-21(15)23-14-19-7-5-6-8-20(19)18-11-9-17(10-12-18)13-22(3,4)25;/h5-12,25H,13-14H2,1-4H3;/q-1;+1. The van der Waals surface area contributed by atoms with Gasteiger partial charge in [-0.1, -0.05) is 59.3 Å². The van der Waals surface area contributed by atoms with Gasteiger partial charge in [-0.15, -0.1) is 6.54 Å². The average molecular weight is 356 g/mol. The van der Waals surface area contributed by atoms with E-state index in [0.717, 1.165) is 33.5 Å². The Labute approximate surface area is 173 Å². The molecule has 4 nitrogen and oxygen atoms in total. The summed E-state index contributed by atoms with van der Waals surface area (Å²) in [6, 6.07) is 16.6. The van der Waals surface area contributed by atoms with E-state index in [1.807, 2.05) is 39.8 Å². The van der Waals surface area contributed by atoms with Gasteiger partial charge in [0.2, 0.25) is 0 Å². The van der Waals surface area contributed by atoms with E-state index in [1.165, 1.54) is 0 Å². The van der Waals surface area contributed by atoms with Crippen LogP contribution in [0.1, 0.15) is 36.2 Å². The number of rotatable bonds is 6. The van der Waals surface area contributed by atoms with Crippen LogP contribution in [0.5, 0.6) is 0 Å². The van der Waals surface area contributed by atoms with E-state index in [-0.39, 0.29) is 18.9 Å². The molecule has 0 aliphatic rings. The van der Waals surface area contributed by atoms with Crippen molar-refractivity contribution in [3.63, 3.8) is 0 Å². The van der Waals surface area contributed by atoms with Crippen molar-refractivity contribution in [3.05, 3.63) is 76.2 Å². The van der Waals surface area contributed by atoms with Crippen molar-refractivity contribution in [2.75, 3.05) is 0 Å². The normalized spacial score (nSPS) is 11.1. The molecule has 0 saturated heterocycles. The minimum atomic E-state index is -0.703. The second-order valence-corrected chi connectivity index (χ2v) is 7.36. The van der Waals surface area contributed by atoms with Gasteiger partial charge in [-0.3, -0.25) is 0 Å². The molecule has 0 bridgehead atoms. The van der Waals surface area contributed by atoms with Crippen LogP contribution in [0.3, 0.4) is 0 Å². The molecule has 0 radical (unpaired) electrons. The molecule has 27 heavy (non-hydrogen) atoms. The van der Waals surface area contributed by atoms with Gasteiger partial charge in [0.25, 0.3) is 0 Å². The van der Waals surface area contributed by atoms with E-state index in [2.05, 4.69) is 46.9 Å². The van der Waals surface area contributed by atoms with Gasteiger partial charge < -0.3 is 14.9 Å². The van der Waals surface area contributed by atoms with Gasteiger partial charge in [-0.2, -0.15) is 0 Å². The monoisotopic (exact) mass is 356 g/mol. The first-order valence-electron chi connectivity index (χ1n) is 8.83. The maximum atomic E-state index is 9.98. The molecule has 0 fully saturated rings. The van der Waals surface area contributed by atoms with Gasteiger partial charge in [-0.25, -0.2) is 0 Å². The van der Waals surface area contributed by atoms with Gasteiger partial charge >= 0.3 is 18.9 Å². The predicted octanol–water partition coefficient (Wildman–Crippen LogP) is 2.48. The summed E-state index contributed by atoms with van der Waals surface area (Å²) in [5, 5.41) is 18.5. The number of nitrogens with zero attached hydrogens (tertiary/aromatic N) is 2. The Balaban J connectivity index is 0.00000261. The van der Waals surface area contributed by atoms with E-state index >= 15 is 0 Å². The summed E-state index contributed by atoms with van der Waals surface area (Å²) < 4.78 is 5.28. The molecule has 5 heteroatoms. The zero-order chi connectivity index (χ0) is 18.7. The fourth-order valence-electron chi connectivity index (χ4n) is 2.95. The fraction of sp³-hybridized carbons (Fsp3) is 0.318. The quantitative estimate of drug-likeness (QED) is 0.691. The Hall–Kier alpha value is -1.99. The number of hydrogen-bond acceptors (Lipinski definition) is 3. The molecule has 1 heterocycles. The topological polar surface area (TPSA) is 60.4 Å². The number of aliphatic hydroxyl groups is 1. The third-order valence-corrected chi connectivity index (χ3v) is 4.44. The molecule has 0 atom stereocenters. The van der Waals surface area contributed by atoms with E-state index in [9.17, 15) is 5.11 Å². The van der Waals surface area contributed by atoms with Crippen LogP contribution >= 0.6 is 0 Å². The molecular weight excluding hydrogens is 331 g/mol. The third kappa shape index (κ3) is 5.49. The van der Waals surface area contributed by atoms with E-state index in [4.69, 9.17) is 4.52 Å². The molecule has 0 amide bonds. The molecule has 1 N–H and O–H groups in total. The first kappa shape index (κ1) is 21.3. The molecule has 136 valence electrons. The van der Waals surface area contributed by atoms with Crippen LogP contribution < -0.4 is 18.9 Å². The van der Waals surface area contributed by atoms with Gasteiger partial charge in [0.1, 0.15) is 0 Å². The maximum Gasteiger partial charge on any atom is 1.00 e. The molecule has 2 aromatic carbocycles. The van der Waals surface area contributed by atoms with E-state index < -0.39 is 5.60 Å². The summed E-state index contributed by atoms with van der Waals surface area (Å²) in [5.41, 5.74) is 5.71. The van der Waals surface area contributed by atoms with Crippen molar-refractivity contribution in [2.45, 2.75) is 46.3 Å². The van der Waals surface area contributed by atoms with Crippen LogP contribution in [-0.2, 0) is 13.0 Å². The zero-order valence-corrected chi connectivity index (χ0v) is 16.8. The molecule has 3 aromatic rings. The van der Waals surface area contributed by atoms with Crippen LogP contribution in [0.2, 0.25) is 0 Å².